The SMILES string of the molecule is CC(C)C(C)(CN)c1cccc(-c2ccnc3[nH]ncc23)c1. The summed E-state index contributed by atoms with van der Waals surface area (Å²) in [5.74, 6) is 0.471. The van der Waals surface area contributed by atoms with Gasteiger partial charge in [-0.25, -0.2) is 4.98 Å². The summed E-state index contributed by atoms with van der Waals surface area (Å²) in [6.45, 7) is 7.31. The summed E-state index contributed by atoms with van der Waals surface area (Å²) in [6, 6.07) is 10.7. The van der Waals surface area contributed by atoms with Gasteiger partial charge in [0.1, 0.15) is 0 Å². The molecule has 1 atom stereocenters. The van der Waals surface area contributed by atoms with E-state index in [1.165, 1.54) is 11.1 Å². The number of hydrogen-bond acceptors (Lipinski definition) is 3. The molecule has 0 aliphatic carbocycles. The van der Waals surface area contributed by atoms with Crippen LogP contribution in [0.3, 0.4) is 0 Å². The summed E-state index contributed by atoms with van der Waals surface area (Å²) in [5, 5.41) is 8.06. The fourth-order valence-electron chi connectivity index (χ4n) is 2.83. The molecule has 2 heterocycles. The topological polar surface area (TPSA) is 67.6 Å². The number of hydrogen-bond donors (Lipinski definition) is 2. The van der Waals surface area contributed by atoms with Crippen LogP contribution in [0, 0.1) is 5.92 Å². The second-order valence-corrected chi connectivity index (χ2v) is 6.35. The molecular weight excluding hydrogens is 272 g/mol. The van der Waals surface area contributed by atoms with Crippen LogP contribution in [-0.4, -0.2) is 21.7 Å². The third-order valence-electron chi connectivity index (χ3n) is 4.89. The van der Waals surface area contributed by atoms with Gasteiger partial charge < -0.3 is 5.73 Å². The summed E-state index contributed by atoms with van der Waals surface area (Å²) >= 11 is 0. The smallest absolute Gasteiger partial charge is 0.155 e. The zero-order valence-electron chi connectivity index (χ0n) is 13.3. The Labute approximate surface area is 130 Å². The second kappa shape index (κ2) is 5.54. The molecule has 22 heavy (non-hydrogen) atoms. The molecule has 4 heteroatoms. The molecule has 3 N–H and O–H groups in total. The quantitative estimate of drug-likeness (QED) is 0.774. The van der Waals surface area contributed by atoms with E-state index < -0.39 is 0 Å². The van der Waals surface area contributed by atoms with Gasteiger partial charge in [0.25, 0.3) is 0 Å². The number of nitrogens with one attached hydrogen (secondary N) is 1. The van der Waals surface area contributed by atoms with E-state index >= 15 is 0 Å². The van der Waals surface area contributed by atoms with Gasteiger partial charge in [-0.3, -0.25) is 5.10 Å². The lowest BCUT2D eigenvalue weighted by Gasteiger charge is -2.33. The Balaban J connectivity index is 2.14. The molecule has 0 fully saturated rings. The molecule has 0 aliphatic heterocycles. The van der Waals surface area contributed by atoms with Crippen LogP contribution in [0.2, 0.25) is 0 Å². The van der Waals surface area contributed by atoms with E-state index in [9.17, 15) is 0 Å². The molecule has 2 aromatic heterocycles. The van der Waals surface area contributed by atoms with Crippen molar-refractivity contribution >= 4 is 11.0 Å². The monoisotopic (exact) mass is 294 g/mol. The van der Waals surface area contributed by atoms with E-state index in [1.54, 1.807) is 0 Å². The van der Waals surface area contributed by atoms with E-state index in [-0.39, 0.29) is 5.41 Å². The lowest BCUT2D eigenvalue weighted by molar-refractivity contribution is 0.347. The lowest BCUT2D eigenvalue weighted by atomic mass is 9.73. The van der Waals surface area contributed by atoms with Crippen LogP contribution in [0.4, 0.5) is 0 Å². The number of pyridine rings is 1. The first kappa shape index (κ1) is 14.7. The van der Waals surface area contributed by atoms with Crippen molar-refractivity contribution in [1.82, 2.24) is 15.2 Å². The van der Waals surface area contributed by atoms with Crippen molar-refractivity contribution in [2.45, 2.75) is 26.2 Å². The molecule has 0 aliphatic rings. The first-order valence-electron chi connectivity index (χ1n) is 7.65. The zero-order valence-corrected chi connectivity index (χ0v) is 13.3. The summed E-state index contributed by atoms with van der Waals surface area (Å²) in [4.78, 5) is 4.30. The van der Waals surface area contributed by atoms with E-state index in [2.05, 4.69) is 60.2 Å². The number of fused-ring (bicyclic) bond motifs is 1. The molecule has 0 bridgehead atoms. The maximum absolute atomic E-state index is 6.08. The second-order valence-electron chi connectivity index (χ2n) is 6.35. The number of aromatic amines is 1. The van der Waals surface area contributed by atoms with Crippen LogP contribution in [0.5, 0.6) is 0 Å². The van der Waals surface area contributed by atoms with Gasteiger partial charge in [-0.2, -0.15) is 5.10 Å². The van der Waals surface area contributed by atoms with Crippen LogP contribution in [0.1, 0.15) is 26.3 Å². The van der Waals surface area contributed by atoms with Crippen molar-refractivity contribution in [2.75, 3.05) is 6.54 Å². The maximum atomic E-state index is 6.08. The average Bonchev–Trinajstić information content (AvgIpc) is 3.02. The van der Waals surface area contributed by atoms with Crippen molar-refractivity contribution in [3.05, 3.63) is 48.3 Å². The van der Waals surface area contributed by atoms with Crippen LogP contribution >= 0.6 is 0 Å². The molecule has 0 spiro atoms. The summed E-state index contributed by atoms with van der Waals surface area (Å²) in [5.41, 5.74) is 10.5. The Morgan fingerprint density at radius 3 is 2.82 bits per heavy atom. The standard InChI is InChI=1S/C18H22N4/c1-12(2)18(3,11-19)14-6-4-5-13(9-14)15-7-8-20-17-16(15)10-21-22-17/h4-10,12H,11,19H2,1-3H3,(H,20,21,22). The van der Waals surface area contributed by atoms with Gasteiger partial charge in [-0.1, -0.05) is 45.0 Å². The van der Waals surface area contributed by atoms with E-state index in [4.69, 9.17) is 5.73 Å². The van der Waals surface area contributed by atoms with Crippen LogP contribution in [0.15, 0.2) is 42.7 Å². The number of aromatic nitrogens is 3. The average molecular weight is 294 g/mol. The molecule has 3 aromatic rings. The fourth-order valence-corrected chi connectivity index (χ4v) is 2.83. The number of nitrogens with two attached hydrogens (primary N) is 1. The molecular formula is C18H22N4. The minimum Gasteiger partial charge on any atom is -0.330 e. The third kappa shape index (κ3) is 2.29. The normalized spacial score (nSPS) is 14.4. The van der Waals surface area contributed by atoms with Crippen molar-refractivity contribution in [3.8, 4) is 11.1 Å². The van der Waals surface area contributed by atoms with Gasteiger partial charge in [0.15, 0.2) is 5.65 Å². The predicted octanol–water partition coefficient (Wildman–Crippen LogP) is 3.50. The third-order valence-corrected chi connectivity index (χ3v) is 4.89. The molecule has 114 valence electrons. The highest BCUT2D eigenvalue weighted by molar-refractivity contribution is 5.92. The molecule has 0 saturated carbocycles. The van der Waals surface area contributed by atoms with Gasteiger partial charge in [0.2, 0.25) is 0 Å². The largest absolute Gasteiger partial charge is 0.330 e. The maximum Gasteiger partial charge on any atom is 0.155 e. The van der Waals surface area contributed by atoms with Gasteiger partial charge >= 0.3 is 0 Å². The lowest BCUT2D eigenvalue weighted by Crippen LogP contribution is -2.37. The Kier molecular flexibility index (Phi) is 3.71. The van der Waals surface area contributed by atoms with Crippen molar-refractivity contribution in [2.24, 2.45) is 11.7 Å². The Morgan fingerprint density at radius 2 is 2.09 bits per heavy atom. The Hall–Kier alpha value is -2.20. The Bertz CT molecular complexity index is 790. The highest BCUT2D eigenvalue weighted by atomic mass is 15.1. The van der Waals surface area contributed by atoms with Crippen molar-refractivity contribution in [1.29, 1.82) is 0 Å². The Morgan fingerprint density at radius 1 is 1.27 bits per heavy atom. The van der Waals surface area contributed by atoms with Gasteiger partial charge in [-0.05, 0) is 28.7 Å². The van der Waals surface area contributed by atoms with E-state index in [0.717, 1.165) is 16.6 Å². The predicted molar refractivity (Wildman–Crippen MR) is 90.6 cm³/mol. The van der Waals surface area contributed by atoms with Gasteiger partial charge in [-0.15, -0.1) is 0 Å². The number of nitrogens with zero attached hydrogens (tertiary/aromatic N) is 2. The van der Waals surface area contributed by atoms with Crippen LogP contribution < -0.4 is 5.73 Å². The molecule has 1 unspecified atom stereocenters. The molecule has 0 saturated heterocycles. The highest BCUT2D eigenvalue weighted by Crippen LogP contribution is 2.34. The minimum absolute atomic E-state index is 0.0292. The number of rotatable bonds is 4. The van der Waals surface area contributed by atoms with Gasteiger partial charge in [0.05, 0.1) is 6.20 Å². The number of benzene rings is 1. The minimum atomic E-state index is -0.0292. The van der Waals surface area contributed by atoms with Crippen molar-refractivity contribution in [3.63, 3.8) is 0 Å². The molecule has 4 nitrogen and oxygen atoms in total. The summed E-state index contributed by atoms with van der Waals surface area (Å²) < 4.78 is 0. The molecule has 1 aromatic carbocycles. The zero-order chi connectivity index (χ0) is 15.7. The molecule has 0 radical (unpaired) electrons. The van der Waals surface area contributed by atoms with Gasteiger partial charge in [0, 0.05) is 23.5 Å². The van der Waals surface area contributed by atoms with Crippen LogP contribution in [-0.2, 0) is 5.41 Å². The summed E-state index contributed by atoms with van der Waals surface area (Å²) in [6.07, 6.45) is 3.64. The van der Waals surface area contributed by atoms with E-state index in [0.29, 0.717) is 12.5 Å². The molecule has 3 rings (SSSR count). The number of H-pyrrole nitrogens is 1. The fraction of sp³-hybridized carbons (Fsp3) is 0.333. The summed E-state index contributed by atoms with van der Waals surface area (Å²) in [7, 11) is 0. The molecule has 0 amide bonds. The van der Waals surface area contributed by atoms with E-state index in [1.807, 2.05) is 18.5 Å². The first-order valence-corrected chi connectivity index (χ1v) is 7.65. The van der Waals surface area contributed by atoms with Crippen molar-refractivity contribution < 1.29 is 0 Å². The van der Waals surface area contributed by atoms with Crippen LogP contribution in [0.25, 0.3) is 22.2 Å². The highest BCUT2D eigenvalue weighted by Gasteiger charge is 2.29. The first-order chi connectivity index (χ1) is 10.6.